The van der Waals surface area contributed by atoms with Crippen LogP contribution >= 0.6 is 34.9 Å². The van der Waals surface area contributed by atoms with E-state index in [-0.39, 0.29) is 44.8 Å². The summed E-state index contributed by atoms with van der Waals surface area (Å²) in [7, 11) is 1.27. The summed E-state index contributed by atoms with van der Waals surface area (Å²) < 4.78 is 1.18. The normalized spacial score (nSPS) is 19.4. The third-order valence-electron chi connectivity index (χ3n) is 5.48. The first-order chi connectivity index (χ1) is 18.2. The molecule has 38 heavy (non-hydrogen) atoms. The topological polar surface area (TPSA) is 211 Å². The number of carboxylic acid groups (broad SMARTS) is 1. The lowest BCUT2D eigenvalue weighted by Gasteiger charge is -2.49. The number of anilines is 1. The number of nitrogens with zero attached hydrogens (tertiary/aromatic N) is 7. The van der Waals surface area contributed by atoms with Crippen LogP contribution in [0.25, 0.3) is 5.78 Å². The van der Waals surface area contributed by atoms with Crippen molar-refractivity contribution >= 4 is 69.3 Å². The number of rotatable bonds is 8. The molecule has 3 aromatic heterocycles. The highest BCUT2D eigenvalue weighted by molar-refractivity contribution is 8.01. The van der Waals surface area contributed by atoms with Crippen LogP contribution in [0.2, 0.25) is 0 Å². The average Bonchev–Trinajstić information content (AvgIpc) is 3.49. The molecule has 0 aromatic carbocycles. The number of nitrogens with one attached hydrogen (secondary N) is 1. The summed E-state index contributed by atoms with van der Waals surface area (Å²) in [5.41, 5.74) is 6.59. The van der Waals surface area contributed by atoms with Gasteiger partial charge in [-0.3, -0.25) is 14.5 Å². The van der Waals surface area contributed by atoms with E-state index in [9.17, 15) is 24.6 Å². The van der Waals surface area contributed by atoms with Gasteiger partial charge in [0.15, 0.2) is 10.8 Å². The number of nitrogen functional groups attached to an aromatic ring is 1. The zero-order valence-electron chi connectivity index (χ0n) is 19.7. The highest BCUT2D eigenvalue weighted by Gasteiger charge is 2.54. The summed E-state index contributed by atoms with van der Waals surface area (Å²) in [4.78, 5) is 56.4. The van der Waals surface area contributed by atoms with Gasteiger partial charge in [0, 0.05) is 28.6 Å². The number of aromatic nitrogens is 5. The number of β-lactam (4-membered cyclic amide) rings is 1. The lowest BCUT2D eigenvalue weighted by molar-refractivity contribution is -0.150. The SMILES string of the molecule is CON=C(C(=O)N[C@@H]1C(=O)N2C(C(=O)O)=C(CSc3nc4nc(C)cc(O)n4n3)CS[C@H]12)c1csc(N)n1. The van der Waals surface area contributed by atoms with Crippen molar-refractivity contribution < 1.29 is 29.4 Å². The van der Waals surface area contributed by atoms with Gasteiger partial charge in [0.05, 0.1) is 0 Å². The molecule has 0 aliphatic carbocycles. The molecule has 18 heteroatoms. The highest BCUT2D eigenvalue weighted by Crippen LogP contribution is 2.41. The number of aliphatic carboxylic acids is 1. The van der Waals surface area contributed by atoms with Crippen molar-refractivity contribution in [2.45, 2.75) is 23.5 Å². The Labute approximate surface area is 226 Å². The van der Waals surface area contributed by atoms with Crippen LogP contribution in [0.15, 0.2) is 33.0 Å². The average molecular weight is 578 g/mol. The smallest absolute Gasteiger partial charge is 0.352 e. The first-order valence-corrected chi connectivity index (χ1v) is 13.7. The van der Waals surface area contributed by atoms with E-state index >= 15 is 0 Å². The second-order valence-corrected chi connectivity index (χ2v) is 10.9. The molecule has 0 saturated carbocycles. The van der Waals surface area contributed by atoms with Crippen molar-refractivity contribution in [3.63, 3.8) is 0 Å². The maximum atomic E-state index is 13.0. The van der Waals surface area contributed by atoms with Crippen LogP contribution in [-0.4, -0.2) is 93.2 Å². The second kappa shape index (κ2) is 10.1. The van der Waals surface area contributed by atoms with E-state index in [0.29, 0.717) is 17.0 Å². The molecule has 5 N–H and O–H groups in total. The highest BCUT2D eigenvalue weighted by atomic mass is 32.2. The Morgan fingerprint density at radius 1 is 1.37 bits per heavy atom. The lowest BCUT2D eigenvalue weighted by Crippen LogP contribution is -2.71. The lowest BCUT2D eigenvalue weighted by atomic mass is 10.0. The van der Waals surface area contributed by atoms with Gasteiger partial charge in [-0.15, -0.1) is 28.2 Å². The van der Waals surface area contributed by atoms with E-state index in [4.69, 9.17) is 10.6 Å². The van der Waals surface area contributed by atoms with Gasteiger partial charge < -0.3 is 26.1 Å². The Hall–Kier alpha value is -3.90. The van der Waals surface area contributed by atoms with E-state index in [1.165, 1.54) is 39.7 Å². The van der Waals surface area contributed by atoms with Crippen LogP contribution in [0.5, 0.6) is 5.88 Å². The molecule has 3 aromatic rings. The summed E-state index contributed by atoms with van der Waals surface area (Å²) >= 11 is 3.59. The first kappa shape index (κ1) is 25.7. The fourth-order valence-corrected chi connectivity index (χ4v) is 6.71. The zero-order valence-corrected chi connectivity index (χ0v) is 22.1. The molecule has 0 bridgehead atoms. The van der Waals surface area contributed by atoms with E-state index in [1.54, 1.807) is 6.92 Å². The molecule has 2 aliphatic heterocycles. The molecule has 1 fully saturated rings. The molecule has 0 spiro atoms. The number of fused-ring (bicyclic) bond motifs is 2. The predicted molar refractivity (Wildman–Crippen MR) is 138 cm³/mol. The van der Waals surface area contributed by atoms with Crippen molar-refractivity contribution in [3.8, 4) is 5.88 Å². The number of hydrogen-bond donors (Lipinski definition) is 4. The number of carboxylic acids is 1. The van der Waals surface area contributed by atoms with Crippen LogP contribution in [0, 0.1) is 6.92 Å². The van der Waals surface area contributed by atoms with E-state index < -0.39 is 29.2 Å². The Kier molecular flexibility index (Phi) is 6.84. The molecule has 0 radical (unpaired) electrons. The molecule has 0 unspecified atom stereocenters. The minimum atomic E-state index is -1.26. The molecular weight excluding hydrogens is 558 g/mol. The summed E-state index contributed by atoms with van der Waals surface area (Å²) in [5.74, 6) is -1.96. The monoisotopic (exact) mass is 577 g/mol. The number of thioether (sulfide) groups is 2. The Morgan fingerprint density at radius 3 is 2.84 bits per heavy atom. The number of carbonyl (C=O) groups excluding carboxylic acids is 2. The summed E-state index contributed by atoms with van der Waals surface area (Å²) in [6.45, 7) is 1.71. The molecule has 5 rings (SSSR count). The van der Waals surface area contributed by atoms with Crippen LogP contribution in [0.1, 0.15) is 11.4 Å². The third kappa shape index (κ3) is 4.61. The zero-order chi connectivity index (χ0) is 27.1. The van der Waals surface area contributed by atoms with Gasteiger partial charge in [-0.2, -0.15) is 9.50 Å². The number of aromatic hydroxyl groups is 1. The summed E-state index contributed by atoms with van der Waals surface area (Å²) in [6.07, 6.45) is 0. The third-order valence-corrected chi connectivity index (χ3v) is 8.41. The van der Waals surface area contributed by atoms with Gasteiger partial charge in [0.2, 0.25) is 11.0 Å². The fraction of sp³-hybridized carbons (Fsp3) is 0.300. The van der Waals surface area contributed by atoms with Crippen molar-refractivity contribution in [3.05, 3.63) is 34.1 Å². The Bertz CT molecular complexity index is 1530. The van der Waals surface area contributed by atoms with Crippen molar-refractivity contribution in [1.29, 1.82) is 0 Å². The standard InChI is InChI=1S/C20H19N9O6S3/c1-7-3-10(30)29-19(22-7)25-20(26-29)38-5-8-4-36-16-12(15(32)28(16)13(8)17(33)34)24-14(31)11(27-35-2)9-6-37-18(21)23-9/h3,6,12,16,30H,4-5H2,1-2H3,(H2,21,23)(H,24,31)(H,33,34)/t12-,16-/m1/s1. The Morgan fingerprint density at radius 2 is 2.16 bits per heavy atom. The van der Waals surface area contributed by atoms with Gasteiger partial charge in [0.25, 0.3) is 17.6 Å². The van der Waals surface area contributed by atoms with Gasteiger partial charge in [-0.25, -0.2) is 14.8 Å². The molecule has 5 heterocycles. The molecule has 2 amide bonds. The maximum Gasteiger partial charge on any atom is 0.352 e. The maximum absolute atomic E-state index is 13.0. The molecule has 2 aliphatic rings. The molecule has 15 nitrogen and oxygen atoms in total. The fourth-order valence-electron chi connectivity index (χ4n) is 3.86. The largest absolute Gasteiger partial charge is 0.493 e. The van der Waals surface area contributed by atoms with E-state index in [1.807, 2.05) is 0 Å². The van der Waals surface area contributed by atoms with Crippen molar-refractivity contribution in [2.75, 3.05) is 24.3 Å². The van der Waals surface area contributed by atoms with Crippen LogP contribution in [-0.2, 0) is 19.2 Å². The van der Waals surface area contributed by atoms with Crippen LogP contribution in [0.3, 0.4) is 0 Å². The number of aryl methyl sites for hydroxylation is 1. The number of oxime groups is 1. The molecule has 1 saturated heterocycles. The number of hydrogen-bond acceptors (Lipinski definition) is 14. The number of thiazole rings is 1. The van der Waals surface area contributed by atoms with Gasteiger partial charge in [0.1, 0.15) is 29.9 Å². The van der Waals surface area contributed by atoms with Crippen molar-refractivity contribution in [2.24, 2.45) is 5.16 Å². The van der Waals surface area contributed by atoms with E-state index in [0.717, 1.165) is 23.1 Å². The van der Waals surface area contributed by atoms with Gasteiger partial charge >= 0.3 is 5.97 Å². The molecular formula is C20H19N9O6S3. The number of amides is 2. The minimum absolute atomic E-state index is 0.121. The second-order valence-electron chi connectivity index (χ2n) is 7.96. The molecule has 2 atom stereocenters. The summed E-state index contributed by atoms with van der Waals surface area (Å²) in [5, 5.41) is 31.9. The van der Waals surface area contributed by atoms with Crippen LogP contribution < -0.4 is 11.1 Å². The van der Waals surface area contributed by atoms with Crippen LogP contribution in [0.4, 0.5) is 5.13 Å². The van der Waals surface area contributed by atoms with E-state index in [2.05, 4.69) is 30.5 Å². The number of nitrogens with two attached hydrogens (primary N) is 1. The van der Waals surface area contributed by atoms with Gasteiger partial charge in [-0.05, 0) is 12.5 Å². The quantitative estimate of drug-likeness (QED) is 0.121. The Balaban J connectivity index is 1.31. The summed E-state index contributed by atoms with van der Waals surface area (Å²) in [6, 6.07) is 0.478. The number of carbonyl (C=O) groups is 3. The van der Waals surface area contributed by atoms with Gasteiger partial charge in [-0.1, -0.05) is 16.9 Å². The van der Waals surface area contributed by atoms with Crippen molar-refractivity contribution in [1.82, 2.24) is 34.8 Å². The molecule has 198 valence electrons. The first-order valence-electron chi connectivity index (χ1n) is 10.8. The minimum Gasteiger partial charge on any atom is -0.493 e. The predicted octanol–water partition coefficient (Wildman–Crippen LogP) is 0.0584.